The van der Waals surface area contributed by atoms with E-state index in [2.05, 4.69) is 9.97 Å². The number of carbonyl (C=O) groups is 1. The van der Waals surface area contributed by atoms with Crippen LogP contribution < -0.4 is 0 Å². The maximum absolute atomic E-state index is 11.0. The third-order valence-electron chi connectivity index (χ3n) is 2.26. The third-order valence-corrected chi connectivity index (χ3v) is 3.45. The minimum atomic E-state index is 0.544. The number of hydrogen-bond donors (Lipinski definition) is 0. The highest BCUT2D eigenvalue weighted by molar-refractivity contribution is 7.99. The Morgan fingerprint density at radius 3 is 2.44 bits per heavy atom. The van der Waals surface area contributed by atoms with Crippen LogP contribution in [0.1, 0.15) is 21.7 Å². The van der Waals surface area contributed by atoms with Crippen LogP contribution in [0.5, 0.6) is 0 Å². The Morgan fingerprint density at radius 2 is 1.83 bits per heavy atom. The van der Waals surface area contributed by atoms with Crippen molar-refractivity contribution in [2.45, 2.75) is 23.9 Å². The first-order valence-electron chi connectivity index (χ1n) is 5.33. The highest BCUT2D eigenvalue weighted by Crippen LogP contribution is 2.29. The number of nitrogens with zero attached hydrogens (tertiary/aromatic N) is 2. The van der Waals surface area contributed by atoms with E-state index in [1.807, 2.05) is 19.9 Å². The molecular formula is C13H11ClN2OS. The third kappa shape index (κ3) is 3.09. The van der Waals surface area contributed by atoms with Crippen molar-refractivity contribution in [1.82, 2.24) is 9.97 Å². The largest absolute Gasteiger partial charge is 0.298 e. The average Bonchev–Trinajstić information content (AvgIpc) is 2.30. The van der Waals surface area contributed by atoms with Gasteiger partial charge in [0, 0.05) is 26.9 Å². The summed E-state index contributed by atoms with van der Waals surface area (Å²) < 4.78 is 0. The molecule has 0 unspecified atom stereocenters. The molecule has 1 aromatic heterocycles. The van der Waals surface area contributed by atoms with E-state index < -0.39 is 0 Å². The highest BCUT2D eigenvalue weighted by Gasteiger charge is 2.07. The molecule has 1 aromatic carbocycles. The van der Waals surface area contributed by atoms with Crippen molar-refractivity contribution in [3.63, 3.8) is 0 Å². The molecule has 2 aromatic rings. The van der Waals surface area contributed by atoms with E-state index in [4.69, 9.17) is 11.6 Å². The molecule has 0 fully saturated rings. The van der Waals surface area contributed by atoms with Crippen molar-refractivity contribution in [3.05, 3.63) is 46.2 Å². The zero-order valence-electron chi connectivity index (χ0n) is 9.98. The van der Waals surface area contributed by atoms with Gasteiger partial charge in [-0.05, 0) is 49.9 Å². The number of rotatable bonds is 3. The summed E-state index contributed by atoms with van der Waals surface area (Å²) in [5, 5.41) is 1.18. The molecule has 0 N–H and O–H groups in total. The van der Waals surface area contributed by atoms with Gasteiger partial charge in [0.25, 0.3) is 0 Å². The van der Waals surface area contributed by atoms with Crippen LogP contribution in [-0.2, 0) is 0 Å². The van der Waals surface area contributed by atoms with Gasteiger partial charge in [-0.15, -0.1) is 0 Å². The quantitative estimate of drug-likeness (QED) is 0.634. The van der Waals surface area contributed by atoms with Crippen LogP contribution in [0, 0.1) is 13.8 Å². The molecule has 2 rings (SSSR count). The molecule has 3 nitrogen and oxygen atoms in total. The fourth-order valence-corrected chi connectivity index (χ4v) is 2.66. The lowest BCUT2D eigenvalue weighted by Gasteiger charge is -2.05. The Morgan fingerprint density at radius 1 is 1.17 bits per heavy atom. The Kier molecular flexibility index (Phi) is 3.99. The first kappa shape index (κ1) is 13.1. The SMILES string of the molecule is Cc1cc(C)nc(Sc2ccc(Cl)cc2C=O)n1. The van der Waals surface area contributed by atoms with Crippen LogP contribution >= 0.6 is 23.4 Å². The summed E-state index contributed by atoms with van der Waals surface area (Å²) in [7, 11) is 0. The van der Waals surface area contributed by atoms with Gasteiger partial charge in [0.2, 0.25) is 0 Å². The summed E-state index contributed by atoms with van der Waals surface area (Å²) in [5.74, 6) is 0. The van der Waals surface area contributed by atoms with Crippen LogP contribution in [0.2, 0.25) is 5.02 Å². The summed E-state index contributed by atoms with van der Waals surface area (Å²) in [6.07, 6.45) is 0.789. The highest BCUT2D eigenvalue weighted by atomic mass is 35.5. The van der Waals surface area contributed by atoms with Gasteiger partial charge in [-0.25, -0.2) is 9.97 Å². The molecule has 0 aliphatic rings. The zero-order chi connectivity index (χ0) is 13.1. The van der Waals surface area contributed by atoms with Crippen molar-refractivity contribution >= 4 is 29.6 Å². The Hall–Kier alpha value is -1.39. The summed E-state index contributed by atoms with van der Waals surface area (Å²) in [6.45, 7) is 3.84. The molecule has 0 aliphatic heterocycles. The molecular weight excluding hydrogens is 268 g/mol. The second-order valence-corrected chi connectivity index (χ2v) is 5.28. The summed E-state index contributed by atoms with van der Waals surface area (Å²) in [4.78, 5) is 20.5. The van der Waals surface area contributed by atoms with Crippen LogP contribution in [0.4, 0.5) is 0 Å². The van der Waals surface area contributed by atoms with Gasteiger partial charge in [0.1, 0.15) is 0 Å². The lowest BCUT2D eigenvalue weighted by atomic mass is 10.2. The van der Waals surface area contributed by atoms with Crippen molar-refractivity contribution in [1.29, 1.82) is 0 Å². The smallest absolute Gasteiger partial charge is 0.192 e. The molecule has 0 saturated heterocycles. The van der Waals surface area contributed by atoms with Gasteiger partial charge in [-0.3, -0.25) is 4.79 Å². The van der Waals surface area contributed by atoms with Crippen molar-refractivity contribution in [2.24, 2.45) is 0 Å². The van der Waals surface area contributed by atoms with E-state index in [-0.39, 0.29) is 0 Å². The van der Waals surface area contributed by atoms with E-state index in [0.717, 1.165) is 22.6 Å². The van der Waals surface area contributed by atoms with Gasteiger partial charge in [0.05, 0.1) is 0 Å². The zero-order valence-corrected chi connectivity index (χ0v) is 11.5. The number of aldehydes is 1. The Balaban J connectivity index is 2.36. The predicted molar refractivity (Wildman–Crippen MR) is 72.5 cm³/mol. The van der Waals surface area contributed by atoms with Gasteiger partial charge in [-0.1, -0.05) is 11.6 Å². The number of carbonyl (C=O) groups excluding carboxylic acids is 1. The fourth-order valence-electron chi connectivity index (χ4n) is 1.54. The van der Waals surface area contributed by atoms with E-state index in [1.165, 1.54) is 11.8 Å². The molecule has 0 saturated carbocycles. The van der Waals surface area contributed by atoms with E-state index in [9.17, 15) is 4.79 Å². The normalized spacial score (nSPS) is 10.4. The maximum Gasteiger partial charge on any atom is 0.192 e. The molecule has 0 spiro atoms. The molecule has 0 bridgehead atoms. The first-order valence-corrected chi connectivity index (χ1v) is 6.53. The standard InChI is InChI=1S/C13H11ClN2OS/c1-8-5-9(2)16-13(15-8)18-12-4-3-11(14)6-10(12)7-17/h3-7H,1-2H3. The Labute approximate surface area is 115 Å². The van der Waals surface area contributed by atoms with E-state index in [1.54, 1.807) is 18.2 Å². The number of aromatic nitrogens is 2. The van der Waals surface area contributed by atoms with Gasteiger partial charge >= 0.3 is 0 Å². The van der Waals surface area contributed by atoms with Crippen LogP contribution in [0.15, 0.2) is 34.3 Å². The second kappa shape index (κ2) is 5.50. The number of benzene rings is 1. The monoisotopic (exact) mass is 278 g/mol. The molecule has 18 heavy (non-hydrogen) atoms. The van der Waals surface area contributed by atoms with Crippen molar-refractivity contribution < 1.29 is 4.79 Å². The first-order chi connectivity index (χ1) is 8.58. The molecule has 0 amide bonds. The van der Waals surface area contributed by atoms with Gasteiger partial charge < -0.3 is 0 Å². The fraction of sp³-hybridized carbons (Fsp3) is 0.154. The summed E-state index contributed by atoms with van der Waals surface area (Å²) in [5.41, 5.74) is 2.37. The van der Waals surface area contributed by atoms with Gasteiger partial charge in [0.15, 0.2) is 11.4 Å². The van der Waals surface area contributed by atoms with E-state index in [0.29, 0.717) is 15.7 Å². The summed E-state index contributed by atoms with van der Waals surface area (Å²) in [6, 6.07) is 7.10. The molecule has 92 valence electrons. The average molecular weight is 279 g/mol. The molecule has 0 radical (unpaired) electrons. The molecule has 1 heterocycles. The number of aryl methyl sites for hydroxylation is 2. The van der Waals surface area contributed by atoms with Crippen LogP contribution in [0.25, 0.3) is 0 Å². The predicted octanol–water partition coefficient (Wildman–Crippen LogP) is 3.71. The lowest BCUT2D eigenvalue weighted by Crippen LogP contribution is -1.93. The van der Waals surface area contributed by atoms with Gasteiger partial charge in [-0.2, -0.15) is 0 Å². The van der Waals surface area contributed by atoms with Crippen molar-refractivity contribution in [2.75, 3.05) is 0 Å². The van der Waals surface area contributed by atoms with Crippen LogP contribution in [0.3, 0.4) is 0 Å². The molecule has 5 heteroatoms. The maximum atomic E-state index is 11.0. The summed E-state index contributed by atoms with van der Waals surface area (Å²) >= 11 is 7.21. The number of hydrogen-bond acceptors (Lipinski definition) is 4. The minimum absolute atomic E-state index is 0.544. The second-order valence-electron chi connectivity index (χ2n) is 3.84. The molecule has 0 aliphatic carbocycles. The number of halogens is 1. The van der Waals surface area contributed by atoms with Crippen LogP contribution in [-0.4, -0.2) is 16.3 Å². The van der Waals surface area contributed by atoms with Crippen molar-refractivity contribution in [3.8, 4) is 0 Å². The Bertz CT molecular complexity index is 581. The minimum Gasteiger partial charge on any atom is -0.298 e. The molecule has 0 atom stereocenters. The lowest BCUT2D eigenvalue weighted by molar-refractivity contribution is 0.112. The van der Waals surface area contributed by atoms with E-state index >= 15 is 0 Å². The topological polar surface area (TPSA) is 42.9 Å².